The Morgan fingerprint density at radius 3 is 2.44 bits per heavy atom. The van der Waals surface area contributed by atoms with Crippen LogP contribution in [0.1, 0.15) is 16.1 Å². The van der Waals surface area contributed by atoms with E-state index >= 15 is 0 Å². The maximum atomic E-state index is 12.5. The van der Waals surface area contributed by atoms with Crippen LogP contribution in [0, 0.1) is 0 Å². The summed E-state index contributed by atoms with van der Waals surface area (Å²) < 4.78 is 4.80. The number of hydrogen-bond donors (Lipinski definition) is 1. The standard InChI is InChI=1S/C19H17N3O3/c1-25-19(24)16(11-13-7-3-2-4-8-13)22-18(23)17-12-20-14-9-5-6-10-15(14)21-17/h2-10,12,16H,11H2,1H3,(H,22,23)/t16-/m0/s1. The molecule has 1 amide bonds. The van der Waals surface area contributed by atoms with E-state index in [1.54, 1.807) is 6.07 Å². The number of aromatic nitrogens is 2. The van der Waals surface area contributed by atoms with Crippen molar-refractivity contribution < 1.29 is 14.3 Å². The molecule has 0 spiro atoms. The van der Waals surface area contributed by atoms with Crippen LogP contribution in [0.3, 0.4) is 0 Å². The van der Waals surface area contributed by atoms with Gasteiger partial charge in [-0.15, -0.1) is 0 Å². The maximum absolute atomic E-state index is 12.5. The minimum atomic E-state index is -0.798. The highest BCUT2D eigenvalue weighted by Gasteiger charge is 2.23. The van der Waals surface area contributed by atoms with Crippen LogP contribution in [0.4, 0.5) is 0 Å². The van der Waals surface area contributed by atoms with Crippen molar-refractivity contribution in [1.82, 2.24) is 15.3 Å². The van der Waals surface area contributed by atoms with Gasteiger partial charge in [0.25, 0.3) is 5.91 Å². The normalized spacial score (nSPS) is 11.7. The molecule has 0 unspecified atom stereocenters. The van der Waals surface area contributed by atoms with Gasteiger partial charge in [0.1, 0.15) is 11.7 Å². The third-order valence-electron chi connectivity index (χ3n) is 3.75. The quantitative estimate of drug-likeness (QED) is 0.723. The molecule has 0 saturated heterocycles. The van der Waals surface area contributed by atoms with E-state index in [1.165, 1.54) is 13.3 Å². The topological polar surface area (TPSA) is 81.2 Å². The Bertz CT molecular complexity index is 897. The van der Waals surface area contributed by atoms with Crippen LogP contribution in [0.25, 0.3) is 11.0 Å². The molecule has 0 saturated carbocycles. The van der Waals surface area contributed by atoms with Gasteiger partial charge in [0.05, 0.1) is 24.3 Å². The van der Waals surface area contributed by atoms with Gasteiger partial charge in [-0.3, -0.25) is 9.78 Å². The first kappa shape index (κ1) is 16.6. The number of nitrogens with zero attached hydrogens (tertiary/aromatic N) is 2. The highest BCUT2D eigenvalue weighted by Crippen LogP contribution is 2.09. The minimum Gasteiger partial charge on any atom is -0.467 e. The second-order valence-corrected chi connectivity index (χ2v) is 5.48. The Hall–Kier alpha value is -3.28. The molecule has 3 aromatic rings. The van der Waals surface area contributed by atoms with E-state index in [1.807, 2.05) is 48.5 Å². The highest BCUT2D eigenvalue weighted by molar-refractivity contribution is 5.96. The molecule has 0 bridgehead atoms. The Kier molecular flexibility index (Phi) is 4.99. The van der Waals surface area contributed by atoms with Gasteiger partial charge in [-0.05, 0) is 17.7 Å². The molecule has 0 fully saturated rings. The number of hydrogen-bond acceptors (Lipinski definition) is 5. The molecule has 1 aromatic heterocycles. The van der Waals surface area contributed by atoms with Gasteiger partial charge in [0, 0.05) is 6.42 Å². The number of carbonyl (C=O) groups excluding carboxylic acids is 2. The fourth-order valence-corrected chi connectivity index (χ4v) is 2.48. The third kappa shape index (κ3) is 3.98. The van der Waals surface area contributed by atoms with Crippen LogP contribution in [-0.2, 0) is 16.0 Å². The van der Waals surface area contributed by atoms with Crippen molar-refractivity contribution in [3.63, 3.8) is 0 Å². The molecule has 0 radical (unpaired) electrons. The Balaban J connectivity index is 1.79. The molecule has 1 N–H and O–H groups in total. The second-order valence-electron chi connectivity index (χ2n) is 5.48. The smallest absolute Gasteiger partial charge is 0.328 e. The molecule has 1 heterocycles. The van der Waals surface area contributed by atoms with Crippen LogP contribution in [0.2, 0.25) is 0 Å². The Morgan fingerprint density at radius 2 is 1.72 bits per heavy atom. The van der Waals surface area contributed by atoms with E-state index < -0.39 is 17.9 Å². The SMILES string of the molecule is COC(=O)[C@H](Cc1ccccc1)NC(=O)c1cnc2ccccc2n1. The van der Waals surface area contributed by atoms with E-state index in [9.17, 15) is 9.59 Å². The first-order valence-corrected chi connectivity index (χ1v) is 7.82. The van der Waals surface area contributed by atoms with Crippen LogP contribution < -0.4 is 5.32 Å². The van der Waals surface area contributed by atoms with E-state index in [0.29, 0.717) is 17.5 Å². The summed E-state index contributed by atoms with van der Waals surface area (Å²) >= 11 is 0. The number of ether oxygens (including phenoxy) is 1. The van der Waals surface area contributed by atoms with Crippen molar-refractivity contribution in [2.75, 3.05) is 7.11 Å². The molecule has 126 valence electrons. The average Bonchev–Trinajstić information content (AvgIpc) is 2.67. The van der Waals surface area contributed by atoms with E-state index in [-0.39, 0.29) is 5.69 Å². The van der Waals surface area contributed by atoms with Crippen molar-refractivity contribution in [1.29, 1.82) is 0 Å². The molecule has 0 aliphatic heterocycles. The van der Waals surface area contributed by atoms with Crippen molar-refractivity contribution in [2.45, 2.75) is 12.5 Å². The monoisotopic (exact) mass is 335 g/mol. The predicted octanol–water partition coefficient (Wildman–Crippen LogP) is 2.14. The van der Waals surface area contributed by atoms with Crippen LogP contribution in [-0.4, -0.2) is 35.0 Å². The van der Waals surface area contributed by atoms with Gasteiger partial charge in [0.2, 0.25) is 0 Å². The lowest BCUT2D eigenvalue weighted by molar-refractivity contribution is -0.142. The largest absolute Gasteiger partial charge is 0.467 e. The number of para-hydroxylation sites is 2. The molecule has 6 heteroatoms. The van der Waals surface area contributed by atoms with Crippen LogP contribution in [0.5, 0.6) is 0 Å². The molecular weight excluding hydrogens is 318 g/mol. The van der Waals surface area contributed by atoms with Gasteiger partial charge in [0.15, 0.2) is 0 Å². The van der Waals surface area contributed by atoms with E-state index in [4.69, 9.17) is 4.74 Å². The van der Waals surface area contributed by atoms with Gasteiger partial charge in [-0.2, -0.15) is 0 Å². The zero-order valence-electron chi connectivity index (χ0n) is 13.7. The van der Waals surface area contributed by atoms with Gasteiger partial charge < -0.3 is 10.1 Å². The summed E-state index contributed by atoms with van der Waals surface area (Å²) in [4.78, 5) is 33.0. The van der Waals surface area contributed by atoms with Crippen molar-refractivity contribution in [3.05, 3.63) is 72.1 Å². The molecule has 25 heavy (non-hydrogen) atoms. The molecule has 6 nitrogen and oxygen atoms in total. The second kappa shape index (κ2) is 7.53. The fourth-order valence-electron chi connectivity index (χ4n) is 2.48. The zero-order valence-corrected chi connectivity index (χ0v) is 13.7. The molecule has 0 aliphatic carbocycles. The van der Waals surface area contributed by atoms with Crippen molar-refractivity contribution in [3.8, 4) is 0 Å². The molecule has 1 atom stereocenters. The average molecular weight is 335 g/mol. The van der Waals surface area contributed by atoms with E-state index in [0.717, 1.165) is 5.56 Å². The summed E-state index contributed by atoms with van der Waals surface area (Å²) in [7, 11) is 1.29. The van der Waals surface area contributed by atoms with Gasteiger partial charge in [-0.25, -0.2) is 9.78 Å². The molecular formula is C19H17N3O3. The molecule has 0 aliphatic rings. The first-order valence-electron chi connectivity index (χ1n) is 7.82. The number of rotatable bonds is 5. The minimum absolute atomic E-state index is 0.153. The number of amides is 1. The summed E-state index contributed by atoms with van der Waals surface area (Å²) in [5, 5.41) is 2.68. The summed E-state index contributed by atoms with van der Waals surface area (Å²) in [5.41, 5.74) is 2.39. The number of fused-ring (bicyclic) bond motifs is 1. The van der Waals surface area contributed by atoms with Crippen LogP contribution >= 0.6 is 0 Å². The molecule has 2 aromatic carbocycles. The molecule has 3 rings (SSSR count). The third-order valence-corrected chi connectivity index (χ3v) is 3.75. The Morgan fingerprint density at radius 1 is 1.04 bits per heavy atom. The number of nitrogens with one attached hydrogen (secondary N) is 1. The summed E-state index contributed by atoms with van der Waals surface area (Å²) in [5.74, 6) is -0.976. The lowest BCUT2D eigenvalue weighted by atomic mass is 10.1. The number of methoxy groups -OCH3 is 1. The lowest BCUT2D eigenvalue weighted by Gasteiger charge is -2.16. The number of benzene rings is 2. The maximum Gasteiger partial charge on any atom is 0.328 e. The van der Waals surface area contributed by atoms with Gasteiger partial charge in [-0.1, -0.05) is 42.5 Å². The summed E-state index contributed by atoms with van der Waals surface area (Å²) in [6.07, 6.45) is 1.73. The predicted molar refractivity (Wildman–Crippen MR) is 93.0 cm³/mol. The van der Waals surface area contributed by atoms with E-state index in [2.05, 4.69) is 15.3 Å². The zero-order chi connectivity index (χ0) is 17.6. The first-order chi connectivity index (χ1) is 12.2. The van der Waals surface area contributed by atoms with Crippen molar-refractivity contribution in [2.24, 2.45) is 0 Å². The summed E-state index contributed by atoms with van der Waals surface area (Å²) in [6.45, 7) is 0. The van der Waals surface area contributed by atoms with Crippen LogP contribution in [0.15, 0.2) is 60.8 Å². The van der Waals surface area contributed by atoms with Crippen molar-refractivity contribution >= 4 is 22.9 Å². The Labute approximate surface area is 144 Å². The highest BCUT2D eigenvalue weighted by atomic mass is 16.5. The lowest BCUT2D eigenvalue weighted by Crippen LogP contribution is -2.43. The number of esters is 1. The number of carbonyl (C=O) groups is 2. The fraction of sp³-hybridized carbons (Fsp3) is 0.158. The van der Waals surface area contributed by atoms with Gasteiger partial charge >= 0.3 is 5.97 Å². The summed E-state index contributed by atoms with van der Waals surface area (Å²) in [6, 6.07) is 15.9.